The summed E-state index contributed by atoms with van der Waals surface area (Å²) < 4.78 is 0. The van der Waals surface area contributed by atoms with Gasteiger partial charge in [0.2, 0.25) is 11.8 Å². The zero-order chi connectivity index (χ0) is 19.8. The Morgan fingerprint density at radius 1 is 1.04 bits per heavy atom. The number of benzene rings is 2. The van der Waals surface area contributed by atoms with Gasteiger partial charge < -0.3 is 15.5 Å². The number of carbonyl (C=O) groups excluding carboxylic acids is 2. The highest BCUT2D eigenvalue weighted by molar-refractivity contribution is 8.00. The third-order valence-electron chi connectivity index (χ3n) is 3.92. The molecule has 2 amide bonds. The molecule has 0 saturated carbocycles. The Bertz CT molecular complexity index is 748. The molecule has 0 bridgehead atoms. The fraction of sp³-hybridized carbons (Fsp3) is 0.333. The van der Waals surface area contributed by atoms with Gasteiger partial charge in [-0.15, -0.1) is 11.8 Å². The summed E-state index contributed by atoms with van der Waals surface area (Å²) in [5.41, 5.74) is 1.84. The number of nitrogens with one attached hydrogen (secondary N) is 2. The summed E-state index contributed by atoms with van der Waals surface area (Å²) in [5.74, 6) is -0.0994. The van der Waals surface area contributed by atoms with Crippen molar-refractivity contribution in [1.29, 1.82) is 0 Å². The maximum atomic E-state index is 12.7. The normalized spacial score (nSPS) is 13.1. The standard InChI is InChI=1S/C21H27N3O2S/c1-15(27-19-12-10-18(11-13-19)22-16(2)25)21(26)23-20(14-24(3)4)17-8-6-5-7-9-17/h5-13,15,20H,14H2,1-4H3,(H,22,25)(H,23,26). The molecule has 2 N–H and O–H groups in total. The fourth-order valence-electron chi connectivity index (χ4n) is 2.65. The van der Waals surface area contributed by atoms with Crippen LogP contribution in [0.2, 0.25) is 0 Å². The SMILES string of the molecule is CC(=O)Nc1ccc(SC(C)C(=O)NC(CN(C)C)c2ccccc2)cc1. The molecule has 0 aliphatic rings. The van der Waals surface area contributed by atoms with Crippen LogP contribution < -0.4 is 10.6 Å². The first-order valence-corrected chi connectivity index (χ1v) is 9.77. The Kier molecular flexibility index (Phi) is 7.88. The number of rotatable bonds is 8. The summed E-state index contributed by atoms with van der Waals surface area (Å²) in [4.78, 5) is 26.9. The third kappa shape index (κ3) is 7.07. The van der Waals surface area contributed by atoms with Crippen molar-refractivity contribution in [3.05, 3.63) is 60.2 Å². The second-order valence-corrected chi connectivity index (χ2v) is 8.11. The molecule has 2 aromatic rings. The van der Waals surface area contributed by atoms with E-state index in [1.165, 1.54) is 18.7 Å². The Hall–Kier alpha value is -2.31. The van der Waals surface area contributed by atoms with E-state index in [2.05, 4.69) is 15.5 Å². The van der Waals surface area contributed by atoms with Crippen LogP contribution in [0.5, 0.6) is 0 Å². The smallest absolute Gasteiger partial charge is 0.233 e. The summed E-state index contributed by atoms with van der Waals surface area (Å²) in [7, 11) is 3.99. The van der Waals surface area contributed by atoms with Gasteiger partial charge in [0, 0.05) is 24.1 Å². The Morgan fingerprint density at radius 3 is 2.22 bits per heavy atom. The van der Waals surface area contributed by atoms with E-state index in [1.807, 2.05) is 75.6 Å². The molecule has 0 spiro atoms. The van der Waals surface area contributed by atoms with Gasteiger partial charge in [0.05, 0.1) is 11.3 Å². The van der Waals surface area contributed by atoms with Crippen molar-refractivity contribution in [2.24, 2.45) is 0 Å². The third-order valence-corrected chi connectivity index (χ3v) is 5.03. The lowest BCUT2D eigenvalue weighted by Crippen LogP contribution is -2.38. The Balaban J connectivity index is 1.99. The molecule has 0 aliphatic carbocycles. The molecule has 5 nitrogen and oxygen atoms in total. The molecule has 2 aromatic carbocycles. The molecule has 144 valence electrons. The van der Waals surface area contributed by atoms with E-state index in [9.17, 15) is 9.59 Å². The van der Waals surface area contributed by atoms with Gasteiger partial charge in [-0.05, 0) is 50.8 Å². The lowest BCUT2D eigenvalue weighted by molar-refractivity contribution is -0.121. The molecule has 0 fully saturated rings. The number of hydrogen-bond donors (Lipinski definition) is 2. The van der Waals surface area contributed by atoms with Crippen LogP contribution in [0.1, 0.15) is 25.5 Å². The van der Waals surface area contributed by atoms with Crippen LogP contribution in [-0.4, -0.2) is 42.6 Å². The zero-order valence-electron chi connectivity index (χ0n) is 16.2. The molecule has 27 heavy (non-hydrogen) atoms. The van der Waals surface area contributed by atoms with Crippen LogP contribution >= 0.6 is 11.8 Å². The van der Waals surface area contributed by atoms with E-state index in [4.69, 9.17) is 0 Å². The van der Waals surface area contributed by atoms with Crippen LogP contribution in [0.15, 0.2) is 59.5 Å². The Morgan fingerprint density at radius 2 is 1.67 bits per heavy atom. The van der Waals surface area contributed by atoms with Crippen LogP contribution in [0, 0.1) is 0 Å². The quantitative estimate of drug-likeness (QED) is 0.682. The molecule has 6 heteroatoms. The molecular formula is C21H27N3O2S. The minimum absolute atomic E-state index is 0.00152. The lowest BCUT2D eigenvalue weighted by Gasteiger charge is -2.24. The van der Waals surface area contributed by atoms with Crippen LogP contribution in [0.3, 0.4) is 0 Å². The van der Waals surface area contributed by atoms with Crippen molar-refractivity contribution in [3.63, 3.8) is 0 Å². The summed E-state index contributed by atoms with van der Waals surface area (Å²) in [6.45, 7) is 4.12. The Labute approximate surface area is 165 Å². The van der Waals surface area contributed by atoms with Crippen LogP contribution in [-0.2, 0) is 9.59 Å². The monoisotopic (exact) mass is 385 g/mol. The van der Waals surface area contributed by atoms with Gasteiger partial charge in [-0.1, -0.05) is 30.3 Å². The average Bonchev–Trinajstić information content (AvgIpc) is 2.62. The van der Waals surface area contributed by atoms with Crippen molar-refractivity contribution in [2.45, 2.75) is 30.0 Å². The number of nitrogens with zero attached hydrogens (tertiary/aromatic N) is 1. The molecule has 2 rings (SSSR count). The second-order valence-electron chi connectivity index (χ2n) is 6.70. The van der Waals surface area contributed by atoms with Gasteiger partial charge >= 0.3 is 0 Å². The van der Waals surface area contributed by atoms with Gasteiger partial charge in [0.15, 0.2) is 0 Å². The topological polar surface area (TPSA) is 61.4 Å². The van der Waals surface area contributed by atoms with Gasteiger partial charge in [0.25, 0.3) is 0 Å². The van der Waals surface area contributed by atoms with Crippen molar-refractivity contribution in [2.75, 3.05) is 26.0 Å². The van der Waals surface area contributed by atoms with Crippen LogP contribution in [0.4, 0.5) is 5.69 Å². The van der Waals surface area contributed by atoms with Crippen molar-refractivity contribution in [1.82, 2.24) is 10.2 Å². The first kappa shape index (κ1) is 21.0. The van der Waals surface area contributed by atoms with E-state index in [0.717, 1.165) is 22.7 Å². The number of anilines is 1. The maximum Gasteiger partial charge on any atom is 0.233 e. The highest BCUT2D eigenvalue weighted by Crippen LogP contribution is 2.25. The summed E-state index contributed by atoms with van der Waals surface area (Å²) in [6, 6.07) is 17.5. The molecule has 0 heterocycles. The number of thioether (sulfide) groups is 1. The fourth-order valence-corrected chi connectivity index (χ4v) is 3.53. The summed E-state index contributed by atoms with van der Waals surface area (Å²) in [6.07, 6.45) is 0. The largest absolute Gasteiger partial charge is 0.347 e. The van der Waals surface area contributed by atoms with Crippen molar-refractivity contribution < 1.29 is 9.59 Å². The predicted molar refractivity (Wildman–Crippen MR) is 112 cm³/mol. The minimum Gasteiger partial charge on any atom is -0.347 e. The van der Waals surface area contributed by atoms with Gasteiger partial charge in [0.1, 0.15) is 0 Å². The first-order valence-electron chi connectivity index (χ1n) is 8.89. The molecule has 0 radical (unpaired) electrons. The number of carbonyl (C=O) groups is 2. The molecule has 2 unspecified atom stereocenters. The molecule has 0 saturated heterocycles. The zero-order valence-corrected chi connectivity index (χ0v) is 17.0. The van der Waals surface area contributed by atoms with Crippen molar-refractivity contribution >= 4 is 29.3 Å². The average molecular weight is 386 g/mol. The van der Waals surface area contributed by atoms with E-state index in [0.29, 0.717) is 0 Å². The van der Waals surface area contributed by atoms with E-state index < -0.39 is 0 Å². The van der Waals surface area contributed by atoms with E-state index >= 15 is 0 Å². The first-order chi connectivity index (χ1) is 12.8. The molecule has 0 aliphatic heterocycles. The highest BCUT2D eigenvalue weighted by Gasteiger charge is 2.20. The summed E-state index contributed by atoms with van der Waals surface area (Å²) >= 11 is 1.50. The predicted octanol–water partition coefficient (Wildman–Crippen LogP) is 3.54. The van der Waals surface area contributed by atoms with Crippen molar-refractivity contribution in [3.8, 4) is 0 Å². The van der Waals surface area contributed by atoms with Gasteiger partial charge in [-0.2, -0.15) is 0 Å². The highest BCUT2D eigenvalue weighted by atomic mass is 32.2. The van der Waals surface area contributed by atoms with Gasteiger partial charge in [-0.3, -0.25) is 9.59 Å². The molecule has 0 aromatic heterocycles. The number of likely N-dealkylation sites (N-methyl/N-ethyl adjacent to an activating group) is 1. The van der Waals surface area contributed by atoms with E-state index in [1.54, 1.807) is 0 Å². The lowest BCUT2D eigenvalue weighted by atomic mass is 10.1. The minimum atomic E-state index is -0.231. The van der Waals surface area contributed by atoms with Crippen LogP contribution in [0.25, 0.3) is 0 Å². The summed E-state index contributed by atoms with van der Waals surface area (Å²) in [5, 5.41) is 5.67. The second kappa shape index (κ2) is 10.1. The van der Waals surface area contributed by atoms with E-state index in [-0.39, 0.29) is 23.1 Å². The maximum absolute atomic E-state index is 12.7. The van der Waals surface area contributed by atoms with Gasteiger partial charge in [-0.25, -0.2) is 0 Å². The number of amides is 2. The molecule has 2 atom stereocenters. The molecular weight excluding hydrogens is 358 g/mol. The number of hydrogen-bond acceptors (Lipinski definition) is 4.